The third kappa shape index (κ3) is 4.14. The van der Waals surface area contributed by atoms with E-state index in [0.717, 1.165) is 44.9 Å². The quantitative estimate of drug-likeness (QED) is 0.433. The number of fused-ring (bicyclic) bond motifs is 1. The third-order valence-corrected chi connectivity index (χ3v) is 7.04. The molecule has 0 unspecified atom stereocenters. The summed E-state index contributed by atoms with van der Waals surface area (Å²) in [5, 5.41) is 4.75. The monoisotopic (exact) mass is 430 g/mol. The molecule has 28 heavy (non-hydrogen) atoms. The van der Waals surface area contributed by atoms with E-state index in [-0.39, 0.29) is 5.91 Å². The third-order valence-electron chi connectivity index (χ3n) is 4.74. The van der Waals surface area contributed by atoms with Gasteiger partial charge in [0, 0.05) is 23.7 Å². The Bertz CT molecular complexity index is 998. The second-order valence-electron chi connectivity index (χ2n) is 6.60. The number of piperidine rings is 1. The number of nitrogens with one attached hydrogen (secondary N) is 1. The Labute approximate surface area is 177 Å². The number of carbonyl (C=O) groups excluding carboxylic acids is 1. The Morgan fingerprint density at radius 1 is 1.11 bits per heavy atom. The van der Waals surface area contributed by atoms with Crippen molar-refractivity contribution in [3.8, 4) is 0 Å². The second-order valence-corrected chi connectivity index (χ2v) is 9.28. The fourth-order valence-corrected chi connectivity index (χ4v) is 5.13. The van der Waals surface area contributed by atoms with Gasteiger partial charge in [-0.15, -0.1) is 23.1 Å². The van der Waals surface area contributed by atoms with Crippen LogP contribution in [0.2, 0.25) is 0 Å². The van der Waals surface area contributed by atoms with Crippen molar-refractivity contribution >= 4 is 62.5 Å². The van der Waals surface area contributed by atoms with E-state index in [2.05, 4.69) is 15.2 Å². The molecule has 1 aromatic carbocycles. The van der Waals surface area contributed by atoms with E-state index in [0.29, 0.717) is 4.88 Å². The van der Waals surface area contributed by atoms with Crippen molar-refractivity contribution in [1.29, 1.82) is 0 Å². The number of amides is 1. The predicted octanol–water partition coefficient (Wildman–Crippen LogP) is 5.38. The zero-order valence-corrected chi connectivity index (χ0v) is 18.3. The van der Waals surface area contributed by atoms with Gasteiger partial charge in [-0.2, -0.15) is 0 Å². The molecule has 0 bridgehead atoms. The first-order valence-corrected chi connectivity index (χ1v) is 12.5. The SMILES string of the molecule is CSc1cccc(NC(=O)c2cc3c(N4CCCCC4)nc(SC)nc3s2)c1. The summed E-state index contributed by atoms with van der Waals surface area (Å²) in [7, 11) is 0. The molecular formula is C20H22N4OS3. The molecule has 3 heterocycles. The molecule has 1 saturated heterocycles. The Kier molecular flexibility index (Phi) is 6.08. The molecular weight excluding hydrogens is 408 g/mol. The molecule has 1 fully saturated rings. The number of carbonyl (C=O) groups is 1. The molecule has 1 aliphatic rings. The molecule has 1 amide bonds. The van der Waals surface area contributed by atoms with Crippen LogP contribution in [-0.4, -0.2) is 41.5 Å². The highest BCUT2D eigenvalue weighted by atomic mass is 32.2. The van der Waals surface area contributed by atoms with E-state index in [1.165, 1.54) is 30.6 Å². The summed E-state index contributed by atoms with van der Waals surface area (Å²) in [5.74, 6) is 0.866. The van der Waals surface area contributed by atoms with Gasteiger partial charge in [-0.05, 0) is 56.0 Å². The topological polar surface area (TPSA) is 58.1 Å². The van der Waals surface area contributed by atoms with Gasteiger partial charge in [-0.1, -0.05) is 17.8 Å². The molecule has 146 valence electrons. The fourth-order valence-electron chi connectivity index (χ4n) is 3.33. The van der Waals surface area contributed by atoms with Crippen LogP contribution in [0, 0.1) is 0 Å². The van der Waals surface area contributed by atoms with Gasteiger partial charge >= 0.3 is 0 Å². The summed E-state index contributed by atoms with van der Waals surface area (Å²) in [6.07, 6.45) is 7.65. The highest BCUT2D eigenvalue weighted by molar-refractivity contribution is 7.98. The molecule has 0 aliphatic carbocycles. The second kappa shape index (κ2) is 8.71. The highest BCUT2D eigenvalue weighted by Crippen LogP contribution is 2.34. The number of thioether (sulfide) groups is 2. The molecule has 3 aromatic rings. The molecule has 0 atom stereocenters. The van der Waals surface area contributed by atoms with Gasteiger partial charge in [0.1, 0.15) is 10.6 Å². The highest BCUT2D eigenvalue weighted by Gasteiger charge is 2.21. The van der Waals surface area contributed by atoms with E-state index in [1.54, 1.807) is 23.5 Å². The van der Waals surface area contributed by atoms with Crippen LogP contribution in [0.4, 0.5) is 11.5 Å². The summed E-state index contributed by atoms with van der Waals surface area (Å²) in [6, 6.07) is 9.83. The molecule has 8 heteroatoms. The average Bonchev–Trinajstić information content (AvgIpc) is 3.18. The van der Waals surface area contributed by atoms with Crippen LogP contribution in [-0.2, 0) is 0 Å². The lowest BCUT2D eigenvalue weighted by molar-refractivity contribution is 0.103. The van der Waals surface area contributed by atoms with Crippen LogP contribution in [0.15, 0.2) is 40.4 Å². The van der Waals surface area contributed by atoms with Crippen LogP contribution in [0.1, 0.15) is 28.9 Å². The molecule has 4 rings (SSSR count). The Balaban J connectivity index is 1.67. The minimum absolute atomic E-state index is 0.100. The lowest BCUT2D eigenvalue weighted by atomic mass is 10.1. The maximum atomic E-state index is 12.9. The number of thiophene rings is 1. The number of rotatable bonds is 5. The standard InChI is InChI=1S/C20H22N4OS3/c1-26-14-8-6-7-13(11-14)21-18(25)16-12-15-17(24-9-4-3-5-10-24)22-20(27-2)23-19(15)28-16/h6-8,11-12H,3-5,9-10H2,1-2H3,(H,21,25). The van der Waals surface area contributed by atoms with Crippen molar-refractivity contribution in [2.24, 2.45) is 0 Å². The Hall–Kier alpha value is -1.77. The van der Waals surface area contributed by atoms with Crippen molar-refractivity contribution in [3.05, 3.63) is 35.2 Å². The number of benzene rings is 1. The smallest absolute Gasteiger partial charge is 0.265 e. The molecule has 0 spiro atoms. The molecule has 1 N–H and O–H groups in total. The van der Waals surface area contributed by atoms with Crippen LogP contribution in [0.3, 0.4) is 0 Å². The van der Waals surface area contributed by atoms with E-state index in [1.807, 2.05) is 42.8 Å². The minimum Gasteiger partial charge on any atom is -0.356 e. The zero-order chi connectivity index (χ0) is 19.5. The van der Waals surface area contributed by atoms with Crippen LogP contribution < -0.4 is 10.2 Å². The average molecular weight is 431 g/mol. The van der Waals surface area contributed by atoms with Gasteiger partial charge in [0.2, 0.25) is 0 Å². The fraction of sp³-hybridized carbons (Fsp3) is 0.350. The summed E-state index contributed by atoms with van der Waals surface area (Å²) < 4.78 is 0. The number of hydrogen-bond donors (Lipinski definition) is 1. The van der Waals surface area contributed by atoms with Crippen LogP contribution in [0.25, 0.3) is 10.2 Å². The number of anilines is 2. The summed E-state index contributed by atoms with van der Waals surface area (Å²) in [4.78, 5) is 27.3. The van der Waals surface area contributed by atoms with Gasteiger partial charge < -0.3 is 10.2 Å². The molecule has 5 nitrogen and oxygen atoms in total. The van der Waals surface area contributed by atoms with E-state index in [4.69, 9.17) is 4.98 Å². The summed E-state index contributed by atoms with van der Waals surface area (Å²) >= 11 is 4.63. The number of hydrogen-bond acceptors (Lipinski definition) is 7. The zero-order valence-electron chi connectivity index (χ0n) is 15.9. The molecule has 0 radical (unpaired) electrons. The van der Waals surface area contributed by atoms with Crippen molar-refractivity contribution in [2.45, 2.75) is 29.3 Å². The summed E-state index contributed by atoms with van der Waals surface area (Å²) in [6.45, 7) is 2.03. The van der Waals surface area contributed by atoms with E-state index >= 15 is 0 Å². The lowest BCUT2D eigenvalue weighted by Gasteiger charge is -2.28. The summed E-state index contributed by atoms with van der Waals surface area (Å²) in [5.41, 5.74) is 0.807. The largest absolute Gasteiger partial charge is 0.356 e. The maximum Gasteiger partial charge on any atom is 0.265 e. The van der Waals surface area contributed by atoms with E-state index in [9.17, 15) is 4.79 Å². The van der Waals surface area contributed by atoms with Crippen LogP contribution >= 0.6 is 34.9 Å². The van der Waals surface area contributed by atoms with Crippen LogP contribution in [0.5, 0.6) is 0 Å². The number of nitrogens with zero attached hydrogens (tertiary/aromatic N) is 3. The predicted molar refractivity (Wildman–Crippen MR) is 121 cm³/mol. The first-order chi connectivity index (χ1) is 13.7. The lowest BCUT2D eigenvalue weighted by Crippen LogP contribution is -2.30. The van der Waals surface area contributed by atoms with Crippen molar-refractivity contribution in [2.75, 3.05) is 35.8 Å². The molecule has 1 aliphatic heterocycles. The van der Waals surface area contributed by atoms with Crippen molar-refractivity contribution in [1.82, 2.24) is 9.97 Å². The Morgan fingerprint density at radius 2 is 1.93 bits per heavy atom. The van der Waals surface area contributed by atoms with Gasteiger partial charge in [0.25, 0.3) is 5.91 Å². The molecule has 0 saturated carbocycles. The van der Waals surface area contributed by atoms with E-state index < -0.39 is 0 Å². The number of aromatic nitrogens is 2. The van der Waals surface area contributed by atoms with Crippen molar-refractivity contribution in [3.63, 3.8) is 0 Å². The minimum atomic E-state index is -0.100. The van der Waals surface area contributed by atoms with Gasteiger partial charge in [-0.25, -0.2) is 9.97 Å². The maximum absolute atomic E-state index is 12.9. The van der Waals surface area contributed by atoms with Gasteiger partial charge in [0.15, 0.2) is 5.16 Å². The van der Waals surface area contributed by atoms with Gasteiger partial charge in [-0.3, -0.25) is 4.79 Å². The first kappa shape index (κ1) is 19.5. The van der Waals surface area contributed by atoms with Gasteiger partial charge in [0.05, 0.1) is 10.3 Å². The molecule has 2 aromatic heterocycles. The normalized spacial score (nSPS) is 14.4. The Morgan fingerprint density at radius 3 is 2.68 bits per heavy atom. The first-order valence-electron chi connectivity index (χ1n) is 9.24. The van der Waals surface area contributed by atoms with Crippen molar-refractivity contribution < 1.29 is 4.79 Å².